The molecule has 0 bridgehead atoms. The minimum atomic E-state index is -0.562. The fraction of sp³-hybridized carbons (Fsp3) is 0.500. The van der Waals surface area contributed by atoms with Gasteiger partial charge >= 0.3 is 0 Å². The van der Waals surface area contributed by atoms with Crippen molar-refractivity contribution in [3.63, 3.8) is 0 Å². The summed E-state index contributed by atoms with van der Waals surface area (Å²) in [4.78, 5) is 11.8. The van der Waals surface area contributed by atoms with E-state index in [4.69, 9.17) is 4.74 Å². The molecule has 0 aliphatic heterocycles. The van der Waals surface area contributed by atoms with Gasteiger partial charge in [-0.05, 0) is 38.0 Å². The first-order chi connectivity index (χ1) is 9.02. The molecule has 0 saturated heterocycles. The van der Waals surface area contributed by atoms with E-state index in [1.165, 1.54) is 0 Å². The van der Waals surface area contributed by atoms with Gasteiger partial charge in [0.2, 0.25) is 0 Å². The normalized spacial score (nSPS) is 13.7. The second kappa shape index (κ2) is 8.17. The van der Waals surface area contributed by atoms with Crippen molar-refractivity contribution in [2.45, 2.75) is 38.9 Å². The highest BCUT2D eigenvalue weighted by atomic mass is 79.9. The maximum Gasteiger partial charge on any atom is 0.260 e. The highest BCUT2D eigenvalue weighted by Gasteiger charge is 2.14. The van der Waals surface area contributed by atoms with Crippen molar-refractivity contribution >= 4 is 21.8 Å². The smallest absolute Gasteiger partial charge is 0.260 e. The minimum Gasteiger partial charge on any atom is -0.481 e. The van der Waals surface area contributed by atoms with E-state index < -0.39 is 6.10 Å². The minimum absolute atomic E-state index is 0.178. The molecule has 1 aromatic carbocycles. The third-order valence-corrected chi connectivity index (χ3v) is 3.22. The van der Waals surface area contributed by atoms with Crippen LogP contribution in [0.1, 0.15) is 26.7 Å². The molecule has 0 aliphatic rings. The number of amides is 1. The van der Waals surface area contributed by atoms with Gasteiger partial charge in [0.05, 0.1) is 6.10 Å². The number of halogens is 1. The third kappa shape index (κ3) is 6.07. The summed E-state index contributed by atoms with van der Waals surface area (Å²) in [6, 6.07) is 7.35. The van der Waals surface area contributed by atoms with Crippen LogP contribution < -0.4 is 10.1 Å². The van der Waals surface area contributed by atoms with Gasteiger partial charge in [0, 0.05) is 11.0 Å². The lowest BCUT2D eigenvalue weighted by Crippen LogP contribution is -2.37. The summed E-state index contributed by atoms with van der Waals surface area (Å²) in [7, 11) is 0. The van der Waals surface area contributed by atoms with Crippen molar-refractivity contribution in [2.24, 2.45) is 0 Å². The monoisotopic (exact) mass is 329 g/mol. The van der Waals surface area contributed by atoms with Crippen molar-refractivity contribution in [2.75, 3.05) is 6.54 Å². The first kappa shape index (κ1) is 16.0. The Hall–Kier alpha value is -1.07. The number of aliphatic hydroxyl groups is 1. The van der Waals surface area contributed by atoms with Gasteiger partial charge in [-0.2, -0.15) is 0 Å². The Labute approximate surface area is 122 Å². The summed E-state index contributed by atoms with van der Waals surface area (Å²) in [5.74, 6) is 0.467. The van der Waals surface area contributed by atoms with Crippen LogP contribution in [0.25, 0.3) is 0 Å². The number of aliphatic hydroxyl groups excluding tert-OH is 1. The topological polar surface area (TPSA) is 58.6 Å². The van der Waals surface area contributed by atoms with Crippen LogP contribution >= 0.6 is 15.9 Å². The average molecular weight is 330 g/mol. The van der Waals surface area contributed by atoms with Crippen LogP contribution in [0.3, 0.4) is 0 Å². The quantitative estimate of drug-likeness (QED) is 0.808. The van der Waals surface area contributed by atoms with Crippen molar-refractivity contribution < 1.29 is 14.6 Å². The molecular weight excluding hydrogens is 310 g/mol. The van der Waals surface area contributed by atoms with Crippen molar-refractivity contribution in [3.05, 3.63) is 28.7 Å². The second-order valence-electron chi connectivity index (χ2n) is 4.36. The van der Waals surface area contributed by atoms with E-state index in [-0.39, 0.29) is 12.0 Å². The number of carbonyl (C=O) groups is 1. The van der Waals surface area contributed by atoms with Crippen molar-refractivity contribution in [3.8, 4) is 5.75 Å². The predicted octanol–water partition coefficient (Wildman–Crippen LogP) is 2.49. The molecule has 106 valence electrons. The Kier molecular flexibility index (Phi) is 6.87. The van der Waals surface area contributed by atoms with Crippen LogP contribution in [-0.2, 0) is 4.79 Å². The standard InChI is InChI=1S/C14H20BrNO3/c1-3-12(17)7-8-16-14(18)10(2)19-13-6-4-5-11(15)9-13/h4-6,9-10,12,17H,3,7-8H2,1-2H3,(H,16,18). The summed E-state index contributed by atoms with van der Waals surface area (Å²) in [5.41, 5.74) is 0. The zero-order valence-corrected chi connectivity index (χ0v) is 12.8. The third-order valence-electron chi connectivity index (χ3n) is 2.73. The number of hydrogen-bond donors (Lipinski definition) is 2. The lowest BCUT2D eigenvalue weighted by Gasteiger charge is -2.15. The summed E-state index contributed by atoms with van der Waals surface area (Å²) >= 11 is 3.35. The molecule has 0 spiro atoms. The Morgan fingerprint density at radius 2 is 2.26 bits per heavy atom. The highest BCUT2D eigenvalue weighted by Crippen LogP contribution is 2.18. The van der Waals surface area contributed by atoms with E-state index in [0.29, 0.717) is 25.1 Å². The first-order valence-electron chi connectivity index (χ1n) is 6.41. The molecule has 0 fully saturated rings. The molecule has 4 nitrogen and oxygen atoms in total. The Morgan fingerprint density at radius 1 is 1.53 bits per heavy atom. The van der Waals surface area contributed by atoms with Gasteiger partial charge in [-0.3, -0.25) is 4.79 Å². The van der Waals surface area contributed by atoms with Crippen LogP contribution in [0.4, 0.5) is 0 Å². The number of nitrogens with one attached hydrogen (secondary N) is 1. The maximum absolute atomic E-state index is 11.8. The molecule has 5 heteroatoms. The number of rotatable bonds is 7. The summed E-state index contributed by atoms with van der Waals surface area (Å²) in [6.45, 7) is 4.07. The fourth-order valence-electron chi connectivity index (χ4n) is 1.51. The Morgan fingerprint density at radius 3 is 2.89 bits per heavy atom. The van der Waals surface area contributed by atoms with Gasteiger partial charge in [-0.15, -0.1) is 0 Å². The fourth-order valence-corrected chi connectivity index (χ4v) is 1.89. The lowest BCUT2D eigenvalue weighted by molar-refractivity contribution is -0.127. The number of hydrogen-bond acceptors (Lipinski definition) is 3. The van der Waals surface area contributed by atoms with E-state index >= 15 is 0 Å². The van der Waals surface area contributed by atoms with Crippen molar-refractivity contribution in [1.82, 2.24) is 5.32 Å². The summed E-state index contributed by atoms with van der Waals surface area (Å²) in [6.07, 6.45) is 0.334. The number of benzene rings is 1. The highest BCUT2D eigenvalue weighted by molar-refractivity contribution is 9.10. The van der Waals surface area contributed by atoms with Gasteiger partial charge in [0.1, 0.15) is 5.75 Å². The first-order valence-corrected chi connectivity index (χ1v) is 7.20. The molecular formula is C14H20BrNO3. The van der Waals surface area contributed by atoms with Gasteiger partial charge < -0.3 is 15.2 Å². The lowest BCUT2D eigenvalue weighted by atomic mass is 10.2. The van der Waals surface area contributed by atoms with Crippen LogP contribution in [0, 0.1) is 0 Å². The van der Waals surface area contributed by atoms with Crippen molar-refractivity contribution in [1.29, 1.82) is 0 Å². The largest absolute Gasteiger partial charge is 0.481 e. The predicted molar refractivity (Wildman–Crippen MR) is 78.2 cm³/mol. The van der Waals surface area contributed by atoms with E-state index in [2.05, 4.69) is 21.2 Å². The molecule has 1 amide bonds. The molecule has 0 saturated carbocycles. The number of ether oxygens (including phenoxy) is 1. The van der Waals surface area contributed by atoms with Crippen LogP contribution in [0.2, 0.25) is 0 Å². The van der Waals surface area contributed by atoms with Crippen LogP contribution in [0.5, 0.6) is 5.75 Å². The van der Waals surface area contributed by atoms with E-state index in [1.54, 1.807) is 13.0 Å². The van der Waals surface area contributed by atoms with E-state index in [9.17, 15) is 9.90 Å². The molecule has 0 radical (unpaired) electrons. The number of carbonyl (C=O) groups excluding carboxylic acids is 1. The van der Waals surface area contributed by atoms with Crippen LogP contribution in [0.15, 0.2) is 28.7 Å². The molecule has 0 aliphatic carbocycles. The van der Waals surface area contributed by atoms with E-state index in [0.717, 1.165) is 4.47 Å². The van der Waals surface area contributed by atoms with Gasteiger partial charge in [0.15, 0.2) is 6.10 Å². The molecule has 0 heterocycles. The molecule has 1 aromatic rings. The van der Waals surface area contributed by atoms with E-state index in [1.807, 2.05) is 25.1 Å². The Balaban J connectivity index is 2.36. The van der Waals surface area contributed by atoms with Gasteiger partial charge in [0.25, 0.3) is 5.91 Å². The summed E-state index contributed by atoms with van der Waals surface area (Å²) in [5, 5.41) is 12.1. The zero-order valence-electron chi connectivity index (χ0n) is 11.2. The molecule has 0 aromatic heterocycles. The Bertz CT molecular complexity index is 411. The average Bonchev–Trinajstić information content (AvgIpc) is 2.38. The van der Waals surface area contributed by atoms with Gasteiger partial charge in [-0.1, -0.05) is 28.9 Å². The molecule has 2 unspecified atom stereocenters. The maximum atomic E-state index is 11.8. The molecule has 1 rings (SSSR count). The zero-order chi connectivity index (χ0) is 14.3. The second-order valence-corrected chi connectivity index (χ2v) is 5.27. The molecule has 2 N–H and O–H groups in total. The van der Waals surface area contributed by atoms with Gasteiger partial charge in [-0.25, -0.2) is 0 Å². The molecule has 2 atom stereocenters. The SMILES string of the molecule is CCC(O)CCNC(=O)C(C)Oc1cccc(Br)c1. The molecule has 19 heavy (non-hydrogen) atoms. The van der Waals surface area contributed by atoms with Crippen LogP contribution in [-0.4, -0.2) is 29.8 Å². The summed E-state index contributed by atoms with van der Waals surface area (Å²) < 4.78 is 6.44.